The maximum atomic E-state index is 5.36. The number of benzene rings is 3. The fraction of sp³-hybridized carbons (Fsp3) is 0.0526. The van der Waals surface area contributed by atoms with Gasteiger partial charge in [-0.25, -0.2) is 0 Å². The van der Waals surface area contributed by atoms with Gasteiger partial charge in [0, 0.05) is 23.5 Å². The number of halogens is 4. The van der Waals surface area contributed by atoms with E-state index in [0.717, 1.165) is 45.9 Å². The summed E-state index contributed by atoms with van der Waals surface area (Å²) in [5.41, 5.74) is 4.42. The second kappa shape index (κ2) is 7.73. The Morgan fingerprint density at radius 3 is 1.75 bits per heavy atom. The molecule has 0 aromatic heterocycles. The third-order valence-corrected chi connectivity index (χ3v) is 6.38. The maximum absolute atomic E-state index is 5.36. The zero-order valence-corrected chi connectivity index (χ0v) is 19.0. The normalized spacial score (nSPS) is 10.7. The fourth-order valence-electron chi connectivity index (χ4n) is 2.48. The lowest BCUT2D eigenvalue weighted by atomic mass is 10.00. The van der Waals surface area contributed by atoms with Crippen molar-refractivity contribution < 1.29 is 4.74 Å². The molecule has 0 saturated heterocycles. The molecule has 0 fully saturated rings. The lowest BCUT2D eigenvalue weighted by Gasteiger charge is -2.14. The number of ether oxygens (including phenoxy) is 1. The minimum atomic E-state index is 0.825. The van der Waals surface area contributed by atoms with Crippen LogP contribution >= 0.6 is 63.7 Å². The van der Waals surface area contributed by atoms with Gasteiger partial charge in [0.1, 0.15) is 5.75 Å². The average Bonchev–Trinajstić information content (AvgIpc) is 2.58. The van der Waals surface area contributed by atoms with E-state index in [4.69, 9.17) is 4.74 Å². The molecule has 0 bridgehead atoms. The van der Waals surface area contributed by atoms with Crippen LogP contribution in [0.1, 0.15) is 0 Å². The minimum Gasteiger partial charge on any atom is -0.497 e. The van der Waals surface area contributed by atoms with Crippen molar-refractivity contribution in [2.45, 2.75) is 0 Å². The number of hydrogen-bond donors (Lipinski definition) is 0. The zero-order valence-electron chi connectivity index (χ0n) is 12.6. The van der Waals surface area contributed by atoms with Crippen molar-refractivity contribution in [1.29, 1.82) is 0 Å². The highest BCUT2D eigenvalue weighted by molar-refractivity contribution is 9.11. The van der Waals surface area contributed by atoms with Crippen molar-refractivity contribution in [3.63, 3.8) is 0 Å². The first kappa shape index (κ1) is 18.2. The Hall–Kier alpha value is -0.620. The predicted octanol–water partition coefficient (Wildman–Crippen LogP) is 8.08. The van der Waals surface area contributed by atoms with Gasteiger partial charge >= 0.3 is 0 Å². The van der Waals surface area contributed by atoms with E-state index in [1.807, 2.05) is 36.4 Å². The SMILES string of the molecule is COc1ccc(Br)c(-c2cc(Br)c(-c3ccccc3Br)cc2Br)c1. The molecule has 5 heteroatoms. The van der Waals surface area contributed by atoms with E-state index < -0.39 is 0 Å². The molecule has 3 aromatic rings. The Balaban J connectivity index is 2.17. The van der Waals surface area contributed by atoms with Crippen molar-refractivity contribution in [2.75, 3.05) is 7.11 Å². The second-order valence-corrected chi connectivity index (χ2v) is 8.55. The van der Waals surface area contributed by atoms with Gasteiger partial charge in [-0.15, -0.1) is 0 Å². The molecule has 0 aliphatic rings. The van der Waals surface area contributed by atoms with Gasteiger partial charge in [0.05, 0.1) is 7.11 Å². The molecule has 0 aliphatic heterocycles. The van der Waals surface area contributed by atoms with E-state index >= 15 is 0 Å². The third-order valence-electron chi connectivity index (χ3n) is 3.68. The second-order valence-electron chi connectivity index (χ2n) is 5.14. The van der Waals surface area contributed by atoms with Gasteiger partial charge in [0.25, 0.3) is 0 Å². The van der Waals surface area contributed by atoms with Crippen LogP contribution in [0, 0.1) is 0 Å². The molecule has 3 rings (SSSR count). The Kier molecular flexibility index (Phi) is 5.85. The van der Waals surface area contributed by atoms with E-state index in [1.165, 1.54) is 0 Å². The van der Waals surface area contributed by atoms with Crippen LogP contribution in [0.25, 0.3) is 22.3 Å². The number of rotatable bonds is 3. The first-order chi connectivity index (χ1) is 11.5. The average molecular weight is 576 g/mol. The summed E-state index contributed by atoms with van der Waals surface area (Å²) in [6.07, 6.45) is 0. The monoisotopic (exact) mass is 572 g/mol. The van der Waals surface area contributed by atoms with Crippen molar-refractivity contribution >= 4 is 63.7 Å². The van der Waals surface area contributed by atoms with Crippen LogP contribution in [0.4, 0.5) is 0 Å². The van der Waals surface area contributed by atoms with Gasteiger partial charge in [0.15, 0.2) is 0 Å². The quantitative estimate of drug-likeness (QED) is 0.307. The molecule has 0 amide bonds. The van der Waals surface area contributed by atoms with E-state index in [2.05, 4.69) is 81.9 Å². The standard InChI is InChI=1S/C19H12Br4O/c1-24-11-6-7-17(21)13(8-11)15-10-18(22)14(9-19(15)23)12-4-2-3-5-16(12)20/h2-10H,1H3. The van der Waals surface area contributed by atoms with E-state index in [9.17, 15) is 0 Å². The van der Waals surface area contributed by atoms with Crippen LogP contribution in [0.15, 0.2) is 72.5 Å². The first-order valence-corrected chi connectivity index (χ1v) is 10.3. The minimum absolute atomic E-state index is 0.825. The van der Waals surface area contributed by atoms with Crippen LogP contribution in [0.5, 0.6) is 5.75 Å². The molecule has 24 heavy (non-hydrogen) atoms. The summed E-state index contributed by atoms with van der Waals surface area (Å²) in [5.74, 6) is 0.825. The van der Waals surface area contributed by atoms with Gasteiger partial charge in [-0.05, 0) is 53.1 Å². The molecule has 122 valence electrons. The third kappa shape index (κ3) is 3.64. The highest BCUT2D eigenvalue weighted by Gasteiger charge is 2.14. The molecular weight excluding hydrogens is 564 g/mol. The zero-order chi connectivity index (χ0) is 17.3. The Bertz CT molecular complexity index is 906. The van der Waals surface area contributed by atoms with E-state index in [1.54, 1.807) is 7.11 Å². The van der Waals surface area contributed by atoms with Gasteiger partial charge in [-0.2, -0.15) is 0 Å². The molecular formula is C19H12Br4O. The van der Waals surface area contributed by atoms with Crippen LogP contribution in [-0.4, -0.2) is 7.11 Å². The maximum Gasteiger partial charge on any atom is 0.119 e. The largest absolute Gasteiger partial charge is 0.497 e. The van der Waals surface area contributed by atoms with E-state index in [-0.39, 0.29) is 0 Å². The van der Waals surface area contributed by atoms with E-state index in [0.29, 0.717) is 0 Å². The first-order valence-electron chi connectivity index (χ1n) is 7.09. The molecule has 0 saturated carbocycles. The summed E-state index contributed by atoms with van der Waals surface area (Å²) in [6.45, 7) is 0. The van der Waals surface area contributed by atoms with Crippen molar-refractivity contribution in [2.24, 2.45) is 0 Å². The Morgan fingerprint density at radius 2 is 1.12 bits per heavy atom. The number of methoxy groups -OCH3 is 1. The fourth-order valence-corrected chi connectivity index (χ4v) is 4.55. The topological polar surface area (TPSA) is 9.23 Å². The van der Waals surface area contributed by atoms with Crippen molar-refractivity contribution in [3.05, 3.63) is 72.5 Å². The molecule has 0 N–H and O–H groups in total. The number of hydrogen-bond acceptors (Lipinski definition) is 1. The van der Waals surface area contributed by atoms with Gasteiger partial charge in [0.2, 0.25) is 0 Å². The molecule has 0 aliphatic carbocycles. The smallest absolute Gasteiger partial charge is 0.119 e. The molecule has 0 spiro atoms. The molecule has 3 aromatic carbocycles. The highest BCUT2D eigenvalue weighted by Crippen LogP contribution is 2.42. The lowest BCUT2D eigenvalue weighted by molar-refractivity contribution is 0.415. The molecule has 0 heterocycles. The van der Waals surface area contributed by atoms with Crippen LogP contribution < -0.4 is 4.74 Å². The van der Waals surface area contributed by atoms with Crippen molar-refractivity contribution in [3.8, 4) is 28.0 Å². The summed E-state index contributed by atoms with van der Waals surface area (Å²) in [4.78, 5) is 0. The van der Waals surface area contributed by atoms with Gasteiger partial charge in [-0.1, -0.05) is 81.9 Å². The van der Waals surface area contributed by atoms with Crippen LogP contribution in [0.3, 0.4) is 0 Å². The molecule has 0 radical (unpaired) electrons. The van der Waals surface area contributed by atoms with Crippen molar-refractivity contribution in [1.82, 2.24) is 0 Å². The van der Waals surface area contributed by atoms with Crippen LogP contribution in [-0.2, 0) is 0 Å². The van der Waals surface area contributed by atoms with Gasteiger partial charge in [-0.3, -0.25) is 0 Å². The molecule has 0 unspecified atom stereocenters. The predicted molar refractivity (Wildman–Crippen MR) is 115 cm³/mol. The Labute approximate surface area is 174 Å². The molecule has 0 atom stereocenters. The Morgan fingerprint density at radius 1 is 0.583 bits per heavy atom. The summed E-state index contributed by atoms with van der Waals surface area (Å²) >= 11 is 14.7. The highest BCUT2D eigenvalue weighted by atomic mass is 79.9. The van der Waals surface area contributed by atoms with Crippen LogP contribution in [0.2, 0.25) is 0 Å². The molecule has 1 nitrogen and oxygen atoms in total. The summed E-state index contributed by atoms with van der Waals surface area (Å²) < 4.78 is 9.49. The lowest BCUT2D eigenvalue weighted by Crippen LogP contribution is -1.89. The summed E-state index contributed by atoms with van der Waals surface area (Å²) in [5, 5.41) is 0. The summed E-state index contributed by atoms with van der Waals surface area (Å²) in [6, 6.07) is 18.4. The van der Waals surface area contributed by atoms with Gasteiger partial charge < -0.3 is 4.74 Å². The summed E-state index contributed by atoms with van der Waals surface area (Å²) in [7, 11) is 1.67.